The molecule has 21 heavy (non-hydrogen) atoms. The highest BCUT2D eigenvalue weighted by Crippen LogP contribution is 2.45. The lowest BCUT2D eigenvalue weighted by atomic mass is 9.78. The lowest BCUT2D eigenvalue weighted by Crippen LogP contribution is -2.27. The van der Waals surface area contributed by atoms with Crippen molar-refractivity contribution in [3.63, 3.8) is 0 Å². The van der Waals surface area contributed by atoms with Crippen molar-refractivity contribution in [2.24, 2.45) is 11.3 Å². The van der Waals surface area contributed by atoms with E-state index in [9.17, 15) is 0 Å². The van der Waals surface area contributed by atoms with Crippen LogP contribution in [0.1, 0.15) is 57.2 Å². The summed E-state index contributed by atoms with van der Waals surface area (Å²) >= 11 is 11.4. The molecule has 0 amide bonds. The summed E-state index contributed by atoms with van der Waals surface area (Å²) in [6.07, 6.45) is 9.49. The second-order valence-corrected chi connectivity index (χ2v) is 9.48. The van der Waals surface area contributed by atoms with Crippen LogP contribution >= 0.6 is 38.9 Å². The second-order valence-electron chi connectivity index (χ2n) is 6.89. The van der Waals surface area contributed by atoms with E-state index < -0.39 is 0 Å². The van der Waals surface area contributed by atoms with Crippen LogP contribution in [-0.4, -0.2) is 13.1 Å². The van der Waals surface area contributed by atoms with E-state index in [4.69, 9.17) is 11.6 Å². The maximum absolute atomic E-state index is 6.15. The van der Waals surface area contributed by atoms with Gasteiger partial charge in [-0.25, -0.2) is 0 Å². The lowest BCUT2D eigenvalue weighted by Gasteiger charge is -2.29. The molecule has 1 fully saturated rings. The number of halogens is 2. The highest BCUT2D eigenvalue weighted by atomic mass is 79.9. The van der Waals surface area contributed by atoms with Gasteiger partial charge >= 0.3 is 0 Å². The first-order valence-corrected chi connectivity index (χ1v) is 10.1. The third-order valence-corrected chi connectivity index (χ3v) is 7.18. The van der Waals surface area contributed by atoms with Crippen LogP contribution in [0.5, 0.6) is 0 Å². The number of aryl methyl sites for hydroxylation is 1. The maximum atomic E-state index is 6.15. The summed E-state index contributed by atoms with van der Waals surface area (Å²) in [5.41, 5.74) is 0.576. The number of rotatable bonds is 8. The summed E-state index contributed by atoms with van der Waals surface area (Å²) in [5.74, 6) is 0.745. The minimum absolute atomic E-state index is 0.576. The van der Waals surface area contributed by atoms with Gasteiger partial charge in [-0.1, -0.05) is 38.3 Å². The van der Waals surface area contributed by atoms with E-state index in [0.29, 0.717) is 5.41 Å². The van der Waals surface area contributed by atoms with Crippen molar-refractivity contribution in [2.75, 3.05) is 13.1 Å². The van der Waals surface area contributed by atoms with Crippen LogP contribution in [0.3, 0.4) is 0 Å². The van der Waals surface area contributed by atoms with Crippen molar-refractivity contribution < 1.29 is 0 Å². The molecule has 1 saturated carbocycles. The molecule has 0 bridgehead atoms. The Morgan fingerprint density at radius 3 is 2.62 bits per heavy atom. The molecule has 120 valence electrons. The molecule has 1 aromatic heterocycles. The summed E-state index contributed by atoms with van der Waals surface area (Å²) in [4.78, 5) is 1.42. The molecule has 0 saturated heterocycles. The van der Waals surface area contributed by atoms with Crippen molar-refractivity contribution in [3.05, 3.63) is 19.8 Å². The summed E-state index contributed by atoms with van der Waals surface area (Å²) in [6.45, 7) is 6.87. The molecular weight excluding hydrogens is 366 g/mol. The molecule has 0 aromatic carbocycles. The molecule has 0 unspecified atom stereocenters. The average Bonchev–Trinajstić information content (AvgIpc) is 3.01. The van der Waals surface area contributed by atoms with Crippen LogP contribution in [0, 0.1) is 11.3 Å². The van der Waals surface area contributed by atoms with Gasteiger partial charge < -0.3 is 5.32 Å². The summed E-state index contributed by atoms with van der Waals surface area (Å²) < 4.78 is 1.95. The SMILES string of the molecule is CC(C)CNCCC1(CCc2cc(Br)c(Cl)s2)CCCC1. The van der Waals surface area contributed by atoms with E-state index in [2.05, 4.69) is 41.2 Å². The fourth-order valence-electron chi connectivity index (χ4n) is 3.40. The van der Waals surface area contributed by atoms with Crippen molar-refractivity contribution in [1.82, 2.24) is 5.32 Å². The minimum atomic E-state index is 0.576. The fourth-order valence-corrected chi connectivity index (χ4v) is 5.19. The van der Waals surface area contributed by atoms with Gasteiger partial charge in [-0.15, -0.1) is 11.3 Å². The monoisotopic (exact) mass is 391 g/mol. The topological polar surface area (TPSA) is 12.0 Å². The van der Waals surface area contributed by atoms with E-state index in [-0.39, 0.29) is 0 Å². The average molecular weight is 393 g/mol. The van der Waals surface area contributed by atoms with Crippen LogP contribution in [-0.2, 0) is 6.42 Å². The highest BCUT2D eigenvalue weighted by molar-refractivity contribution is 9.10. The Labute approximate surface area is 147 Å². The predicted octanol–water partition coefficient (Wildman–Crippen LogP) is 6.29. The van der Waals surface area contributed by atoms with Crippen LogP contribution < -0.4 is 5.32 Å². The lowest BCUT2D eigenvalue weighted by molar-refractivity contribution is 0.244. The number of thiophene rings is 1. The zero-order valence-corrected chi connectivity index (χ0v) is 16.3. The summed E-state index contributed by atoms with van der Waals surface area (Å²) in [6, 6.07) is 2.20. The molecule has 1 N–H and O–H groups in total. The number of hydrogen-bond acceptors (Lipinski definition) is 2. The normalized spacial score (nSPS) is 17.8. The number of hydrogen-bond donors (Lipinski definition) is 1. The Hall–Kier alpha value is 0.430. The van der Waals surface area contributed by atoms with Gasteiger partial charge in [-0.2, -0.15) is 0 Å². The van der Waals surface area contributed by atoms with Gasteiger partial charge in [0.05, 0.1) is 0 Å². The zero-order valence-electron chi connectivity index (χ0n) is 13.2. The third kappa shape index (κ3) is 5.53. The van der Waals surface area contributed by atoms with Crippen molar-refractivity contribution in [1.29, 1.82) is 0 Å². The van der Waals surface area contributed by atoms with E-state index in [1.54, 1.807) is 11.3 Å². The van der Waals surface area contributed by atoms with Crippen LogP contribution in [0.4, 0.5) is 0 Å². The molecular formula is C17H27BrClNS. The van der Waals surface area contributed by atoms with Gasteiger partial charge in [0.1, 0.15) is 4.34 Å². The molecule has 4 heteroatoms. The molecule has 1 aliphatic carbocycles. The van der Waals surface area contributed by atoms with Gasteiger partial charge in [-0.05, 0) is 78.5 Å². The fraction of sp³-hybridized carbons (Fsp3) is 0.765. The Morgan fingerprint density at radius 1 is 1.33 bits per heavy atom. The Bertz CT molecular complexity index is 418. The van der Waals surface area contributed by atoms with Crippen LogP contribution in [0.2, 0.25) is 4.34 Å². The zero-order chi connectivity index (χ0) is 15.3. The Morgan fingerprint density at radius 2 is 2.05 bits per heavy atom. The van der Waals surface area contributed by atoms with Crippen LogP contribution in [0.25, 0.3) is 0 Å². The first kappa shape index (κ1) is 17.8. The molecule has 2 rings (SSSR count). The largest absolute Gasteiger partial charge is 0.316 e. The minimum Gasteiger partial charge on any atom is -0.316 e. The third-order valence-electron chi connectivity index (χ3n) is 4.65. The maximum Gasteiger partial charge on any atom is 0.107 e. The smallest absolute Gasteiger partial charge is 0.107 e. The van der Waals surface area contributed by atoms with Gasteiger partial charge in [0.15, 0.2) is 0 Å². The molecule has 1 nitrogen and oxygen atoms in total. The van der Waals surface area contributed by atoms with Crippen molar-refractivity contribution in [2.45, 2.75) is 58.8 Å². The van der Waals surface area contributed by atoms with Crippen LogP contribution in [0.15, 0.2) is 10.5 Å². The van der Waals surface area contributed by atoms with E-state index in [0.717, 1.165) is 21.3 Å². The van der Waals surface area contributed by atoms with E-state index in [1.807, 2.05) is 0 Å². The molecule has 0 atom stereocenters. The highest BCUT2D eigenvalue weighted by Gasteiger charge is 2.32. The predicted molar refractivity (Wildman–Crippen MR) is 98.6 cm³/mol. The first-order chi connectivity index (χ1) is 10.0. The standard InChI is InChI=1S/C17H27BrClNS/c1-13(2)12-20-10-9-17(6-3-4-7-17)8-5-14-11-15(18)16(19)21-14/h11,13,20H,3-10,12H2,1-2H3. The molecule has 0 spiro atoms. The van der Waals surface area contributed by atoms with Gasteiger partial charge in [0.25, 0.3) is 0 Å². The molecule has 1 aliphatic rings. The Balaban J connectivity index is 1.83. The second kappa shape index (κ2) is 8.33. The summed E-state index contributed by atoms with van der Waals surface area (Å²) in [5, 5.41) is 3.62. The molecule has 0 radical (unpaired) electrons. The molecule has 1 heterocycles. The summed E-state index contributed by atoms with van der Waals surface area (Å²) in [7, 11) is 0. The van der Waals surface area contributed by atoms with Gasteiger partial charge in [0, 0.05) is 9.35 Å². The van der Waals surface area contributed by atoms with E-state index >= 15 is 0 Å². The molecule has 0 aliphatic heterocycles. The number of nitrogens with one attached hydrogen (secondary N) is 1. The van der Waals surface area contributed by atoms with Gasteiger partial charge in [0.2, 0.25) is 0 Å². The quantitative estimate of drug-likeness (QED) is 0.512. The van der Waals surface area contributed by atoms with Crippen molar-refractivity contribution in [3.8, 4) is 0 Å². The Kier molecular flexibility index (Phi) is 7.05. The van der Waals surface area contributed by atoms with E-state index in [1.165, 1.54) is 56.4 Å². The first-order valence-electron chi connectivity index (χ1n) is 8.15. The van der Waals surface area contributed by atoms with Gasteiger partial charge in [-0.3, -0.25) is 0 Å². The van der Waals surface area contributed by atoms with Crippen molar-refractivity contribution >= 4 is 38.9 Å². The molecule has 1 aromatic rings.